The van der Waals surface area contributed by atoms with E-state index in [-0.39, 0.29) is 12.0 Å². The van der Waals surface area contributed by atoms with Crippen molar-refractivity contribution in [1.29, 1.82) is 0 Å². The van der Waals surface area contributed by atoms with Gasteiger partial charge in [-0.2, -0.15) is 0 Å². The molecule has 0 unspecified atom stereocenters. The molecule has 0 aliphatic carbocycles. The van der Waals surface area contributed by atoms with Crippen molar-refractivity contribution in [2.24, 2.45) is 0 Å². The molecule has 0 aliphatic heterocycles. The van der Waals surface area contributed by atoms with Crippen LogP contribution in [0.3, 0.4) is 0 Å². The Hall–Kier alpha value is -3.15. The van der Waals surface area contributed by atoms with Crippen molar-refractivity contribution >= 4 is 22.8 Å². The first-order valence-corrected chi connectivity index (χ1v) is 7.80. The Balaban J connectivity index is 1.80. The fourth-order valence-corrected chi connectivity index (χ4v) is 2.70. The average Bonchev–Trinajstić information content (AvgIpc) is 2.99. The first-order valence-electron chi connectivity index (χ1n) is 7.80. The molecule has 25 heavy (non-hydrogen) atoms. The third-order valence-electron chi connectivity index (χ3n) is 4.14. The molecule has 3 rings (SSSR count). The van der Waals surface area contributed by atoms with Gasteiger partial charge in [0.15, 0.2) is 0 Å². The maximum atomic E-state index is 13.6. The SMILES string of the molecule is Cc1ccc(C(=O)N[C@@H](Cc2c[nH]c3ccccc23)C(=O)O)cc1F. The molecule has 0 radical (unpaired) electrons. The zero-order valence-electron chi connectivity index (χ0n) is 13.5. The van der Waals surface area contributed by atoms with Crippen molar-refractivity contribution in [3.8, 4) is 0 Å². The zero-order valence-corrected chi connectivity index (χ0v) is 13.5. The van der Waals surface area contributed by atoms with E-state index in [9.17, 15) is 19.1 Å². The van der Waals surface area contributed by atoms with Crippen molar-refractivity contribution in [1.82, 2.24) is 10.3 Å². The maximum Gasteiger partial charge on any atom is 0.326 e. The van der Waals surface area contributed by atoms with E-state index in [1.165, 1.54) is 12.1 Å². The summed E-state index contributed by atoms with van der Waals surface area (Å²) < 4.78 is 13.6. The number of carbonyl (C=O) groups excluding carboxylic acids is 1. The fraction of sp³-hybridized carbons (Fsp3) is 0.158. The lowest BCUT2D eigenvalue weighted by molar-refractivity contribution is -0.139. The number of fused-ring (bicyclic) bond motifs is 1. The summed E-state index contributed by atoms with van der Waals surface area (Å²) >= 11 is 0. The number of aryl methyl sites for hydroxylation is 1. The lowest BCUT2D eigenvalue weighted by atomic mass is 10.0. The minimum absolute atomic E-state index is 0.0910. The number of para-hydroxylation sites is 1. The number of halogens is 1. The number of aliphatic carboxylic acids is 1. The van der Waals surface area contributed by atoms with E-state index >= 15 is 0 Å². The van der Waals surface area contributed by atoms with E-state index in [2.05, 4.69) is 10.3 Å². The van der Waals surface area contributed by atoms with Gasteiger partial charge in [0.1, 0.15) is 11.9 Å². The second-order valence-electron chi connectivity index (χ2n) is 5.89. The van der Waals surface area contributed by atoms with Gasteiger partial charge < -0.3 is 15.4 Å². The summed E-state index contributed by atoms with van der Waals surface area (Å²) in [5, 5.41) is 12.8. The quantitative estimate of drug-likeness (QED) is 0.668. The number of H-pyrrole nitrogens is 1. The molecule has 0 saturated carbocycles. The van der Waals surface area contributed by atoms with Crippen LogP contribution in [-0.2, 0) is 11.2 Å². The predicted octanol–water partition coefficient (Wildman–Crippen LogP) is 3.04. The Labute approximate surface area is 143 Å². The summed E-state index contributed by atoms with van der Waals surface area (Å²) in [4.78, 5) is 26.9. The van der Waals surface area contributed by atoms with Crippen LogP contribution in [0.15, 0.2) is 48.7 Å². The van der Waals surface area contributed by atoms with Gasteiger partial charge in [0.25, 0.3) is 5.91 Å². The smallest absolute Gasteiger partial charge is 0.326 e. The molecule has 0 saturated heterocycles. The van der Waals surface area contributed by atoms with E-state index < -0.39 is 23.7 Å². The Morgan fingerprint density at radius 2 is 2.00 bits per heavy atom. The van der Waals surface area contributed by atoms with Crippen molar-refractivity contribution in [2.45, 2.75) is 19.4 Å². The molecule has 128 valence electrons. The second kappa shape index (κ2) is 6.76. The number of rotatable bonds is 5. The minimum atomic E-state index is -1.15. The highest BCUT2D eigenvalue weighted by molar-refractivity contribution is 5.97. The van der Waals surface area contributed by atoms with Crippen molar-refractivity contribution < 1.29 is 19.1 Å². The Morgan fingerprint density at radius 1 is 1.24 bits per heavy atom. The van der Waals surface area contributed by atoms with Crippen LogP contribution >= 0.6 is 0 Å². The molecule has 1 amide bonds. The molecule has 0 spiro atoms. The Kier molecular flexibility index (Phi) is 4.52. The van der Waals surface area contributed by atoms with Crippen molar-refractivity contribution in [3.05, 3.63) is 71.2 Å². The predicted molar refractivity (Wildman–Crippen MR) is 92.0 cm³/mol. The molecule has 1 atom stereocenters. The number of nitrogens with one attached hydrogen (secondary N) is 2. The molecular weight excluding hydrogens is 323 g/mol. The largest absolute Gasteiger partial charge is 0.480 e. The van der Waals surface area contributed by atoms with Gasteiger partial charge in [0.2, 0.25) is 0 Å². The van der Waals surface area contributed by atoms with Crippen LogP contribution in [0, 0.1) is 12.7 Å². The summed E-state index contributed by atoms with van der Waals surface area (Å²) in [6.45, 7) is 1.59. The highest BCUT2D eigenvalue weighted by atomic mass is 19.1. The van der Waals surface area contributed by atoms with Crippen LogP contribution in [0.25, 0.3) is 10.9 Å². The number of benzene rings is 2. The molecular formula is C19H17FN2O3. The fourth-order valence-electron chi connectivity index (χ4n) is 2.70. The summed E-state index contributed by atoms with van der Waals surface area (Å²) in [7, 11) is 0. The Morgan fingerprint density at radius 3 is 2.72 bits per heavy atom. The zero-order chi connectivity index (χ0) is 18.0. The molecule has 3 N–H and O–H groups in total. The molecule has 1 heterocycles. The molecule has 3 aromatic rings. The van der Waals surface area contributed by atoms with Gasteiger partial charge in [0.05, 0.1) is 0 Å². The molecule has 6 heteroatoms. The maximum absolute atomic E-state index is 13.6. The van der Waals surface area contributed by atoms with Gasteiger partial charge in [-0.25, -0.2) is 9.18 Å². The van der Waals surface area contributed by atoms with Gasteiger partial charge in [-0.1, -0.05) is 24.3 Å². The molecule has 1 aromatic heterocycles. The monoisotopic (exact) mass is 340 g/mol. The molecule has 0 aliphatic rings. The van der Waals surface area contributed by atoms with Gasteiger partial charge >= 0.3 is 5.97 Å². The molecule has 0 fully saturated rings. The van der Waals surface area contributed by atoms with E-state index in [1.54, 1.807) is 13.1 Å². The van der Waals surface area contributed by atoms with Gasteiger partial charge in [0, 0.05) is 29.1 Å². The summed E-state index contributed by atoms with van der Waals surface area (Å²) in [5.74, 6) is -2.27. The standard InChI is InChI=1S/C19H17FN2O3/c1-11-6-7-12(8-15(11)20)18(23)22-17(19(24)25)9-13-10-21-16-5-3-2-4-14(13)16/h2-8,10,17,21H,9H2,1H3,(H,22,23)(H,24,25)/t17-/m0/s1. The van der Waals surface area contributed by atoms with E-state index in [0.717, 1.165) is 22.5 Å². The number of hydrogen-bond donors (Lipinski definition) is 3. The first-order chi connectivity index (χ1) is 12.0. The van der Waals surface area contributed by atoms with Crippen LogP contribution in [0.2, 0.25) is 0 Å². The summed E-state index contributed by atoms with van der Waals surface area (Å²) in [6.07, 6.45) is 1.86. The summed E-state index contributed by atoms with van der Waals surface area (Å²) in [6, 6.07) is 10.5. The lowest BCUT2D eigenvalue weighted by Gasteiger charge is -2.14. The molecule has 0 bridgehead atoms. The lowest BCUT2D eigenvalue weighted by Crippen LogP contribution is -2.42. The van der Waals surface area contributed by atoms with E-state index in [0.29, 0.717) is 5.56 Å². The normalized spacial score (nSPS) is 12.1. The number of carboxylic acid groups (broad SMARTS) is 1. The van der Waals surface area contributed by atoms with Gasteiger partial charge in [-0.05, 0) is 36.2 Å². The Bertz CT molecular complexity index is 949. The third kappa shape index (κ3) is 3.52. The minimum Gasteiger partial charge on any atom is -0.480 e. The molecule has 2 aromatic carbocycles. The number of carboxylic acids is 1. The number of aromatic amines is 1. The topological polar surface area (TPSA) is 82.2 Å². The number of amides is 1. The van der Waals surface area contributed by atoms with Gasteiger partial charge in [-0.15, -0.1) is 0 Å². The highest BCUT2D eigenvalue weighted by Crippen LogP contribution is 2.19. The first kappa shape index (κ1) is 16.7. The highest BCUT2D eigenvalue weighted by Gasteiger charge is 2.22. The van der Waals surface area contributed by atoms with Crippen LogP contribution in [0.4, 0.5) is 4.39 Å². The van der Waals surface area contributed by atoms with E-state index in [4.69, 9.17) is 0 Å². The number of carbonyl (C=O) groups is 2. The van der Waals surface area contributed by atoms with Crippen molar-refractivity contribution in [2.75, 3.05) is 0 Å². The van der Waals surface area contributed by atoms with Crippen LogP contribution in [0.5, 0.6) is 0 Å². The van der Waals surface area contributed by atoms with Crippen LogP contribution in [-0.4, -0.2) is 28.0 Å². The summed E-state index contributed by atoms with van der Waals surface area (Å²) in [5.41, 5.74) is 2.20. The average molecular weight is 340 g/mol. The van der Waals surface area contributed by atoms with Crippen molar-refractivity contribution in [3.63, 3.8) is 0 Å². The second-order valence-corrected chi connectivity index (χ2v) is 5.89. The number of aromatic nitrogens is 1. The van der Waals surface area contributed by atoms with Crippen LogP contribution in [0.1, 0.15) is 21.5 Å². The van der Waals surface area contributed by atoms with E-state index in [1.807, 2.05) is 24.3 Å². The number of hydrogen-bond acceptors (Lipinski definition) is 2. The third-order valence-corrected chi connectivity index (χ3v) is 4.14. The van der Waals surface area contributed by atoms with Gasteiger partial charge in [-0.3, -0.25) is 4.79 Å². The van der Waals surface area contributed by atoms with Crippen LogP contribution < -0.4 is 5.32 Å². The molecule has 5 nitrogen and oxygen atoms in total.